The van der Waals surface area contributed by atoms with E-state index in [2.05, 4.69) is 101 Å². The molecule has 1 aromatic carbocycles. The Kier molecular flexibility index (Phi) is 11.6. The number of benzene rings is 1. The molecule has 1 aromatic heterocycles. The van der Waals surface area contributed by atoms with Gasteiger partial charge in [0.25, 0.3) is 0 Å². The van der Waals surface area contributed by atoms with Crippen LogP contribution in [0.4, 0.5) is 0 Å². The van der Waals surface area contributed by atoms with Crippen molar-refractivity contribution >= 4 is 23.8 Å². The van der Waals surface area contributed by atoms with Crippen LogP contribution >= 0.6 is 0 Å². The zero-order valence-electron chi connectivity index (χ0n) is 30.8. The van der Waals surface area contributed by atoms with Gasteiger partial charge in [-0.2, -0.15) is 0 Å². The van der Waals surface area contributed by atoms with Gasteiger partial charge in [-0.3, -0.25) is 4.98 Å². The first-order valence-corrected chi connectivity index (χ1v) is 22.2. The number of methoxy groups -OCH3 is 1. The lowest BCUT2D eigenvalue weighted by atomic mass is 9.75. The Morgan fingerprint density at radius 2 is 1.36 bits per heavy atom. The van der Waals surface area contributed by atoms with Crippen molar-refractivity contribution < 1.29 is 27.6 Å². The summed E-state index contributed by atoms with van der Waals surface area (Å²) >= 11 is 0. The lowest BCUT2D eigenvalue weighted by Gasteiger charge is -2.37. The highest BCUT2D eigenvalue weighted by Gasteiger charge is 2.51. The van der Waals surface area contributed by atoms with Gasteiger partial charge in [0.15, 0.2) is 28.1 Å². The summed E-state index contributed by atoms with van der Waals surface area (Å²) in [5.74, 6) is 1.42. The SMILES string of the molecule is COc1ccc(-c2cncc(C(CO[Si](C)(C)C(C)(C)C)CB3OC(C)(C)C(C)(C)O3)c2)cc1OCCO[Si](C)(C)C(C)(C)C. The number of nitrogens with zero attached hydrogens (tertiary/aromatic N) is 1. The largest absolute Gasteiger partial charge is 0.493 e. The Balaban J connectivity index is 1.86. The number of rotatable bonds is 13. The first-order valence-electron chi connectivity index (χ1n) is 16.4. The standard InChI is InChI=1S/C35H60BNO6Si2/c1-32(2,3)44(12,13)40-19-18-39-31-21-26(16-17-30(31)38-11)27-20-28(24-37-23-27)29(25-41-45(14,15)33(4,5)6)22-36-42-34(7,8)35(9,10)43-36/h16-17,20-21,23-24,29H,18-19,22,25H2,1-15H3. The second-order valence-electron chi connectivity index (χ2n) is 16.5. The van der Waals surface area contributed by atoms with Gasteiger partial charge < -0.3 is 27.6 Å². The van der Waals surface area contributed by atoms with E-state index in [0.29, 0.717) is 37.6 Å². The number of ether oxygens (including phenoxy) is 2. The third-order valence-corrected chi connectivity index (χ3v) is 19.6. The van der Waals surface area contributed by atoms with E-state index in [-0.39, 0.29) is 23.1 Å². The van der Waals surface area contributed by atoms with Gasteiger partial charge in [0.2, 0.25) is 0 Å². The molecule has 1 aliphatic rings. The van der Waals surface area contributed by atoms with Crippen LogP contribution < -0.4 is 9.47 Å². The van der Waals surface area contributed by atoms with Crippen LogP contribution in [0.15, 0.2) is 36.7 Å². The maximum Gasteiger partial charge on any atom is 0.458 e. The quantitative estimate of drug-likeness (QED) is 0.157. The van der Waals surface area contributed by atoms with Gasteiger partial charge in [0.1, 0.15) is 6.61 Å². The van der Waals surface area contributed by atoms with E-state index in [1.165, 1.54) is 0 Å². The van der Waals surface area contributed by atoms with Gasteiger partial charge in [0, 0.05) is 30.5 Å². The molecule has 2 aromatic rings. The van der Waals surface area contributed by atoms with E-state index in [9.17, 15) is 0 Å². The predicted molar refractivity (Wildman–Crippen MR) is 192 cm³/mol. The van der Waals surface area contributed by atoms with Crippen LogP contribution in [0.2, 0.25) is 42.6 Å². The van der Waals surface area contributed by atoms with Gasteiger partial charge in [-0.15, -0.1) is 0 Å². The molecule has 10 heteroatoms. The first kappa shape index (κ1) is 37.8. The molecule has 1 fully saturated rings. The van der Waals surface area contributed by atoms with Gasteiger partial charge in [-0.1, -0.05) is 47.6 Å². The Morgan fingerprint density at radius 3 is 1.91 bits per heavy atom. The summed E-state index contributed by atoms with van der Waals surface area (Å²) in [5, 5.41) is 0.260. The van der Waals surface area contributed by atoms with Gasteiger partial charge >= 0.3 is 7.12 Å². The summed E-state index contributed by atoms with van der Waals surface area (Å²) in [6.45, 7) is 32.6. The van der Waals surface area contributed by atoms with Crippen LogP contribution in [-0.4, -0.2) is 66.9 Å². The summed E-state index contributed by atoms with van der Waals surface area (Å²) < 4.78 is 37.8. The summed E-state index contributed by atoms with van der Waals surface area (Å²) in [4.78, 5) is 4.69. The van der Waals surface area contributed by atoms with E-state index < -0.39 is 27.8 Å². The van der Waals surface area contributed by atoms with Gasteiger partial charge in [-0.05, 0) is 99.6 Å². The predicted octanol–water partition coefficient (Wildman–Crippen LogP) is 9.36. The minimum atomic E-state index is -1.99. The summed E-state index contributed by atoms with van der Waals surface area (Å²) in [5.41, 5.74) is 2.33. The first-order chi connectivity index (χ1) is 20.5. The van der Waals surface area contributed by atoms with Crippen LogP contribution in [0, 0.1) is 0 Å². The van der Waals surface area contributed by atoms with Crippen molar-refractivity contribution in [1.82, 2.24) is 4.98 Å². The Labute approximate surface area is 276 Å². The zero-order chi connectivity index (χ0) is 34.1. The van der Waals surface area contributed by atoms with E-state index in [1.54, 1.807) is 7.11 Å². The average Bonchev–Trinajstić information content (AvgIpc) is 3.12. The van der Waals surface area contributed by atoms with Crippen molar-refractivity contribution in [2.24, 2.45) is 0 Å². The van der Waals surface area contributed by atoms with Crippen LogP contribution in [0.5, 0.6) is 11.5 Å². The van der Waals surface area contributed by atoms with Crippen LogP contribution in [0.1, 0.15) is 80.7 Å². The van der Waals surface area contributed by atoms with E-state index in [0.717, 1.165) is 16.7 Å². The molecule has 1 unspecified atom stereocenters. The minimum Gasteiger partial charge on any atom is -0.493 e. The highest BCUT2D eigenvalue weighted by molar-refractivity contribution is 6.74. The van der Waals surface area contributed by atoms with Gasteiger partial charge in [-0.25, -0.2) is 0 Å². The van der Waals surface area contributed by atoms with Crippen molar-refractivity contribution in [2.75, 3.05) is 26.9 Å². The summed E-state index contributed by atoms with van der Waals surface area (Å²) in [6, 6.07) is 8.24. The molecular formula is C35H60BNO6Si2. The molecule has 0 bridgehead atoms. The molecular weight excluding hydrogens is 597 g/mol. The fourth-order valence-corrected chi connectivity index (χ4v) is 6.67. The van der Waals surface area contributed by atoms with Crippen molar-refractivity contribution in [2.45, 2.75) is 129 Å². The lowest BCUT2D eigenvalue weighted by Crippen LogP contribution is -2.42. The van der Waals surface area contributed by atoms with E-state index >= 15 is 0 Å². The molecule has 0 amide bonds. The van der Waals surface area contributed by atoms with Crippen LogP contribution in [0.3, 0.4) is 0 Å². The molecule has 0 spiro atoms. The second-order valence-corrected chi connectivity index (χ2v) is 26.1. The monoisotopic (exact) mass is 657 g/mol. The van der Waals surface area contributed by atoms with Crippen molar-refractivity contribution in [3.05, 3.63) is 42.2 Å². The molecule has 1 saturated heterocycles. The second kappa shape index (κ2) is 13.8. The fraction of sp³-hybridized carbons (Fsp3) is 0.686. The third kappa shape index (κ3) is 9.23. The maximum atomic E-state index is 6.77. The van der Waals surface area contributed by atoms with Crippen LogP contribution in [0.25, 0.3) is 11.1 Å². The topological polar surface area (TPSA) is 68.3 Å². The normalized spacial score (nSPS) is 17.8. The number of aromatic nitrogens is 1. The number of pyridine rings is 1. The molecule has 3 rings (SSSR count). The third-order valence-electron chi connectivity index (χ3n) is 10.6. The molecule has 252 valence electrons. The fourth-order valence-electron chi connectivity index (χ4n) is 4.59. The van der Waals surface area contributed by atoms with Crippen molar-refractivity contribution in [3.63, 3.8) is 0 Å². The lowest BCUT2D eigenvalue weighted by molar-refractivity contribution is 0.00578. The highest BCUT2D eigenvalue weighted by Crippen LogP contribution is 2.42. The molecule has 0 aliphatic carbocycles. The number of hydrogen-bond donors (Lipinski definition) is 0. The highest BCUT2D eigenvalue weighted by atomic mass is 28.4. The molecule has 0 radical (unpaired) electrons. The van der Waals surface area contributed by atoms with Crippen LogP contribution in [-0.2, 0) is 18.2 Å². The molecule has 1 atom stereocenters. The van der Waals surface area contributed by atoms with E-state index in [1.807, 2.05) is 30.6 Å². The Hall–Kier alpha value is -1.69. The Bertz CT molecular complexity index is 1270. The van der Waals surface area contributed by atoms with Crippen molar-refractivity contribution in [1.29, 1.82) is 0 Å². The molecule has 0 N–H and O–H groups in total. The number of hydrogen-bond acceptors (Lipinski definition) is 7. The zero-order valence-corrected chi connectivity index (χ0v) is 32.8. The Morgan fingerprint density at radius 1 is 0.778 bits per heavy atom. The average molecular weight is 658 g/mol. The molecule has 2 heterocycles. The molecule has 1 aliphatic heterocycles. The minimum absolute atomic E-state index is 0.0442. The maximum absolute atomic E-state index is 6.77. The molecule has 45 heavy (non-hydrogen) atoms. The molecule has 7 nitrogen and oxygen atoms in total. The smallest absolute Gasteiger partial charge is 0.458 e. The summed E-state index contributed by atoms with van der Waals surface area (Å²) in [7, 11) is -2.50. The van der Waals surface area contributed by atoms with E-state index in [4.69, 9.17) is 32.6 Å². The van der Waals surface area contributed by atoms with Crippen molar-refractivity contribution in [3.8, 4) is 22.6 Å². The summed E-state index contributed by atoms with van der Waals surface area (Å²) in [6.07, 6.45) is 4.53. The molecule has 0 saturated carbocycles. The van der Waals surface area contributed by atoms with Gasteiger partial charge in [0.05, 0.1) is 24.9 Å².